The molecule has 0 amide bonds. The molecule has 0 heterocycles. The summed E-state index contributed by atoms with van der Waals surface area (Å²) < 4.78 is 13.2. The molecule has 0 aliphatic rings. The van der Waals surface area contributed by atoms with Crippen molar-refractivity contribution in [2.24, 2.45) is 16.7 Å². The predicted molar refractivity (Wildman–Crippen MR) is 58.5 cm³/mol. The van der Waals surface area contributed by atoms with Gasteiger partial charge < -0.3 is 11.6 Å². The van der Waals surface area contributed by atoms with E-state index >= 15 is 0 Å². The molecule has 3 nitrogen and oxygen atoms in total. The molecule has 0 unspecified atom stereocenters. The molecule has 0 aliphatic heterocycles. The summed E-state index contributed by atoms with van der Waals surface area (Å²) in [5, 5.41) is 3.83. The van der Waals surface area contributed by atoms with Crippen molar-refractivity contribution in [2.45, 2.75) is 5.75 Å². The SMILES string of the molecule is NN=C(N)SCc1c(F)cccc1Cl. The Morgan fingerprint density at radius 3 is 2.86 bits per heavy atom. The molecule has 1 aromatic rings. The molecule has 76 valence electrons. The normalized spacial score (nSPS) is 11.7. The zero-order valence-corrected chi connectivity index (χ0v) is 8.78. The van der Waals surface area contributed by atoms with Crippen molar-refractivity contribution in [3.05, 3.63) is 34.6 Å². The van der Waals surface area contributed by atoms with Crippen LogP contribution >= 0.6 is 23.4 Å². The average molecular weight is 234 g/mol. The number of amidine groups is 1. The lowest BCUT2D eigenvalue weighted by molar-refractivity contribution is 0.617. The minimum Gasteiger partial charge on any atom is -0.377 e. The van der Waals surface area contributed by atoms with Crippen LogP contribution in [0.1, 0.15) is 5.56 Å². The summed E-state index contributed by atoms with van der Waals surface area (Å²) in [6.45, 7) is 0. The van der Waals surface area contributed by atoms with Crippen molar-refractivity contribution in [1.29, 1.82) is 0 Å². The molecular weight excluding hydrogens is 225 g/mol. The van der Waals surface area contributed by atoms with Crippen LogP contribution in [0.4, 0.5) is 4.39 Å². The van der Waals surface area contributed by atoms with Crippen molar-refractivity contribution in [2.75, 3.05) is 0 Å². The Balaban J connectivity index is 2.76. The van der Waals surface area contributed by atoms with E-state index in [-0.39, 0.29) is 11.0 Å². The molecule has 0 fully saturated rings. The molecule has 6 heteroatoms. The van der Waals surface area contributed by atoms with E-state index in [0.29, 0.717) is 16.3 Å². The Morgan fingerprint density at radius 1 is 1.57 bits per heavy atom. The first-order valence-electron chi connectivity index (χ1n) is 3.74. The lowest BCUT2D eigenvalue weighted by Gasteiger charge is -2.04. The number of halogens is 2. The first kappa shape index (κ1) is 11.1. The van der Waals surface area contributed by atoms with Gasteiger partial charge in [-0.05, 0) is 12.1 Å². The minimum absolute atomic E-state index is 0.198. The monoisotopic (exact) mass is 233 g/mol. The number of nitrogens with zero attached hydrogens (tertiary/aromatic N) is 1. The van der Waals surface area contributed by atoms with Crippen LogP contribution in [-0.2, 0) is 5.75 Å². The highest BCUT2D eigenvalue weighted by Crippen LogP contribution is 2.23. The number of thioether (sulfide) groups is 1. The summed E-state index contributed by atoms with van der Waals surface area (Å²) in [6.07, 6.45) is 0. The second kappa shape index (κ2) is 5.07. The number of nitrogens with two attached hydrogens (primary N) is 2. The lowest BCUT2D eigenvalue weighted by atomic mass is 10.2. The Bertz CT molecular complexity index is 336. The molecule has 1 rings (SSSR count). The summed E-state index contributed by atoms with van der Waals surface area (Å²) in [5.74, 6) is 4.89. The molecule has 0 spiro atoms. The number of hydrazone groups is 1. The highest BCUT2D eigenvalue weighted by atomic mass is 35.5. The third-order valence-electron chi connectivity index (χ3n) is 1.55. The Kier molecular flexibility index (Phi) is 4.03. The van der Waals surface area contributed by atoms with Gasteiger partial charge in [0, 0.05) is 16.3 Å². The van der Waals surface area contributed by atoms with Gasteiger partial charge in [-0.1, -0.05) is 29.4 Å². The van der Waals surface area contributed by atoms with Gasteiger partial charge in [-0.3, -0.25) is 0 Å². The Labute approximate surface area is 90.3 Å². The van der Waals surface area contributed by atoms with Gasteiger partial charge in [0.15, 0.2) is 5.17 Å². The summed E-state index contributed by atoms with van der Waals surface area (Å²) in [5.41, 5.74) is 5.75. The Hall–Kier alpha value is -0.940. The van der Waals surface area contributed by atoms with E-state index in [9.17, 15) is 4.39 Å². The summed E-state index contributed by atoms with van der Waals surface area (Å²) in [7, 11) is 0. The largest absolute Gasteiger partial charge is 0.377 e. The van der Waals surface area contributed by atoms with Crippen LogP contribution in [-0.4, -0.2) is 5.17 Å². The molecule has 0 aliphatic carbocycles. The van der Waals surface area contributed by atoms with E-state index < -0.39 is 0 Å². The van der Waals surface area contributed by atoms with Crippen molar-refractivity contribution < 1.29 is 4.39 Å². The van der Waals surface area contributed by atoms with Crippen molar-refractivity contribution in [1.82, 2.24) is 0 Å². The number of rotatable bonds is 2. The average Bonchev–Trinajstić information content (AvgIpc) is 2.16. The fourth-order valence-electron chi connectivity index (χ4n) is 0.854. The quantitative estimate of drug-likeness (QED) is 0.355. The van der Waals surface area contributed by atoms with Crippen LogP contribution in [0.2, 0.25) is 5.02 Å². The van der Waals surface area contributed by atoms with Gasteiger partial charge in [-0.25, -0.2) is 4.39 Å². The van der Waals surface area contributed by atoms with Crippen LogP contribution < -0.4 is 11.6 Å². The fraction of sp³-hybridized carbons (Fsp3) is 0.125. The van der Waals surface area contributed by atoms with Crippen LogP contribution in [0.25, 0.3) is 0 Å². The van der Waals surface area contributed by atoms with Crippen LogP contribution in [0.5, 0.6) is 0 Å². The lowest BCUT2D eigenvalue weighted by Crippen LogP contribution is -2.09. The second-order valence-electron chi connectivity index (χ2n) is 2.46. The van der Waals surface area contributed by atoms with Gasteiger partial charge in [0.25, 0.3) is 0 Å². The van der Waals surface area contributed by atoms with Crippen LogP contribution in [0.15, 0.2) is 23.3 Å². The van der Waals surface area contributed by atoms with Gasteiger partial charge in [0.1, 0.15) is 5.82 Å². The van der Waals surface area contributed by atoms with Gasteiger partial charge in [0.05, 0.1) is 0 Å². The maximum absolute atomic E-state index is 13.2. The first-order chi connectivity index (χ1) is 6.65. The van der Waals surface area contributed by atoms with Crippen LogP contribution in [0.3, 0.4) is 0 Å². The van der Waals surface area contributed by atoms with Gasteiger partial charge >= 0.3 is 0 Å². The number of benzene rings is 1. The van der Waals surface area contributed by atoms with E-state index in [4.69, 9.17) is 23.2 Å². The smallest absolute Gasteiger partial charge is 0.177 e. The zero-order valence-electron chi connectivity index (χ0n) is 7.21. The van der Waals surface area contributed by atoms with Gasteiger partial charge in [0.2, 0.25) is 0 Å². The predicted octanol–water partition coefficient (Wildman–Crippen LogP) is 1.90. The second-order valence-corrected chi connectivity index (χ2v) is 3.86. The van der Waals surface area contributed by atoms with E-state index in [0.717, 1.165) is 11.8 Å². The summed E-state index contributed by atoms with van der Waals surface area (Å²) in [6, 6.07) is 4.51. The molecule has 0 bridgehead atoms. The highest BCUT2D eigenvalue weighted by Gasteiger charge is 2.07. The number of hydrogen-bond acceptors (Lipinski definition) is 3. The van der Waals surface area contributed by atoms with E-state index in [1.165, 1.54) is 6.07 Å². The molecular formula is C8H9ClFN3S. The standard InChI is InChI=1S/C8H9ClFN3S/c9-6-2-1-3-7(10)5(6)4-14-8(11)13-12/h1-3H,4,12H2,(H2,11,13). The molecule has 0 atom stereocenters. The molecule has 1 aromatic carbocycles. The molecule has 0 aromatic heterocycles. The molecule has 4 N–H and O–H groups in total. The summed E-state index contributed by atoms with van der Waals surface area (Å²) >= 11 is 6.93. The fourth-order valence-corrected chi connectivity index (χ4v) is 1.82. The van der Waals surface area contributed by atoms with E-state index in [2.05, 4.69) is 5.10 Å². The topological polar surface area (TPSA) is 64.4 Å². The van der Waals surface area contributed by atoms with Gasteiger partial charge in [-0.15, -0.1) is 0 Å². The maximum Gasteiger partial charge on any atom is 0.177 e. The first-order valence-corrected chi connectivity index (χ1v) is 5.10. The number of hydrogen-bond donors (Lipinski definition) is 2. The maximum atomic E-state index is 13.2. The minimum atomic E-state index is -0.352. The Morgan fingerprint density at radius 2 is 2.29 bits per heavy atom. The molecule has 0 saturated carbocycles. The third-order valence-corrected chi connectivity index (χ3v) is 2.74. The summed E-state index contributed by atoms with van der Waals surface area (Å²) in [4.78, 5) is 0. The van der Waals surface area contributed by atoms with E-state index in [1.54, 1.807) is 12.1 Å². The zero-order chi connectivity index (χ0) is 10.6. The molecule has 14 heavy (non-hydrogen) atoms. The van der Waals surface area contributed by atoms with E-state index in [1.807, 2.05) is 0 Å². The molecule has 0 saturated heterocycles. The van der Waals surface area contributed by atoms with Crippen LogP contribution in [0, 0.1) is 5.82 Å². The van der Waals surface area contributed by atoms with Gasteiger partial charge in [-0.2, -0.15) is 5.10 Å². The van der Waals surface area contributed by atoms with Crippen molar-refractivity contribution in [3.63, 3.8) is 0 Å². The molecule has 0 radical (unpaired) electrons. The highest BCUT2D eigenvalue weighted by molar-refractivity contribution is 8.13. The van der Waals surface area contributed by atoms with Crippen molar-refractivity contribution in [3.8, 4) is 0 Å². The third kappa shape index (κ3) is 2.78. The van der Waals surface area contributed by atoms with Crippen molar-refractivity contribution >= 4 is 28.5 Å².